The average Bonchev–Trinajstić information content (AvgIpc) is 2.67. The Labute approximate surface area is 102 Å². The number of benzene rings is 1. The normalized spacial score (nSPS) is 23.5. The lowest BCUT2D eigenvalue weighted by Gasteiger charge is -2.26. The van der Waals surface area contributed by atoms with Crippen LogP contribution in [0.1, 0.15) is 49.3 Å². The molecule has 0 heterocycles. The van der Waals surface area contributed by atoms with Gasteiger partial charge in [-0.3, -0.25) is 0 Å². The fourth-order valence-corrected chi connectivity index (χ4v) is 3.06. The molecule has 1 unspecified atom stereocenters. The number of halogens is 1. The van der Waals surface area contributed by atoms with Crippen molar-refractivity contribution in [1.82, 2.24) is 5.32 Å². The Balaban J connectivity index is 1.57. The van der Waals surface area contributed by atoms with Crippen LogP contribution in [0.15, 0.2) is 18.2 Å². The lowest BCUT2D eigenvalue weighted by molar-refractivity contribution is 0.287. The van der Waals surface area contributed by atoms with Crippen molar-refractivity contribution < 1.29 is 4.39 Å². The van der Waals surface area contributed by atoms with Gasteiger partial charge in [-0.1, -0.05) is 31.4 Å². The molecule has 3 rings (SSSR count). The second-order valence-corrected chi connectivity index (χ2v) is 5.44. The molecule has 0 aliphatic heterocycles. The van der Waals surface area contributed by atoms with Crippen LogP contribution in [-0.4, -0.2) is 6.54 Å². The monoisotopic (exact) mass is 233 g/mol. The molecule has 2 aliphatic rings. The molecule has 0 spiro atoms. The van der Waals surface area contributed by atoms with Crippen LogP contribution in [0.5, 0.6) is 0 Å². The van der Waals surface area contributed by atoms with Crippen LogP contribution in [0.25, 0.3) is 0 Å². The molecule has 0 amide bonds. The van der Waals surface area contributed by atoms with Crippen molar-refractivity contribution in [2.24, 2.45) is 5.92 Å². The van der Waals surface area contributed by atoms with Crippen molar-refractivity contribution in [3.8, 4) is 0 Å². The van der Waals surface area contributed by atoms with Crippen LogP contribution in [0.3, 0.4) is 0 Å². The number of rotatable bonds is 4. The van der Waals surface area contributed by atoms with E-state index in [0.717, 1.165) is 30.9 Å². The second-order valence-electron chi connectivity index (χ2n) is 5.44. The average molecular weight is 233 g/mol. The third-order valence-corrected chi connectivity index (χ3v) is 4.38. The minimum absolute atomic E-state index is 0.0224. The maximum absolute atomic E-state index is 13.6. The van der Waals surface area contributed by atoms with E-state index in [2.05, 4.69) is 11.4 Å². The third-order valence-electron chi connectivity index (χ3n) is 4.38. The SMILES string of the molecule is Fc1cccc2c1CCC2NCCC1CCC1. The summed E-state index contributed by atoms with van der Waals surface area (Å²) in [6.45, 7) is 1.09. The lowest BCUT2D eigenvalue weighted by atomic mass is 9.83. The highest BCUT2D eigenvalue weighted by atomic mass is 19.1. The van der Waals surface area contributed by atoms with Crippen LogP contribution >= 0.6 is 0 Å². The molecule has 1 nitrogen and oxygen atoms in total. The predicted molar refractivity (Wildman–Crippen MR) is 67.4 cm³/mol. The van der Waals surface area contributed by atoms with Crippen LogP contribution in [-0.2, 0) is 6.42 Å². The van der Waals surface area contributed by atoms with Gasteiger partial charge in [0, 0.05) is 6.04 Å². The van der Waals surface area contributed by atoms with E-state index in [1.54, 1.807) is 6.07 Å². The molecule has 92 valence electrons. The maximum atomic E-state index is 13.6. The van der Waals surface area contributed by atoms with Gasteiger partial charge in [0.25, 0.3) is 0 Å². The van der Waals surface area contributed by atoms with E-state index in [1.807, 2.05) is 6.07 Å². The Morgan fingerprint density at radius 2 is 2.12 bits per heavy atom. The molecule has 1 atom stereocenters. The number of hydrogen-bond acceptors (Lipinski definition) is 1. The zero-order chi connectivity index (χ0) is 11.7. The van der Waals surface area contributed by atoms with E-state index >= 15 is 0 Å². The standard InChI is InChI=1S/C15H20FN/c16-14-6-2-5-13-12(14)7-8-15(13)17-10-9-11-3-1-4-11/h2,5-6,11,15,17H,1,3-4,7-10H2. The zero-order valence-corrected chi connectivity index (χ0v) is 10.2. The van der Waals surface area contributed by atoms with Gasteiger partial charge in [-0.2, -0.15) is 0 Å². The quantitative estimate of drug-likeness (QED) is 0.838. The molecule has 2 heteroatoms. The zero-order valence-electron chi connectivity index (χ0n) is 10.2. The van der Waals surface area contributed by atoms with Gasteiger partial charge in [-0.25, -0.2) is 4.39 Å². The Hall–Kier alpha value is -0.890. The second kappa shape index (κ2) is 4.77. The Morgan fingerprint density at radius 3 is 2.88 bits per heavy atom. The summed E-state index contributed by atoms with van der Waals surface area (Å²) >= 11 is 0. The largest absolute Gasteiger partial charge is 0.310 e. The summed E-state index contributed by atoms with van der Waals surface area (Å²) in [5.41, 5.74) is 2.13. The summed E-state index contributed by atoms with van der Waals surface area (Å²) in [6, 6.07) is 5.88. The highest BCUT2D eigenvalue weighted by Crippen LogP contribution is 2.33. The molecule has 2 aliphatic carbocycles. The summed E-state index contributed by atoms with van der Waals surface area (Å²) < 4.78 is 13.6. The first kappa shape index (κ1) is 11.2. The van der Waals surface area contributed by atoms with E-state index in [-0.39, 0.29) is 5.82 Å². The van der Waals surface area contributed by atoms with Gasteiger partial charge in [0.15, 0.2) is 0 Å². The maximum Gasteiger partial charge on any atom is 0.126 e. The summed E-state index contributed by atoms with van der Waals surface area (Å²) in [5, 5.41) is 3.60. The van der Waals surface area contributed by atoms with Gasteiger partial charge in [0.05, 0.1) is 0 Å². The third kappa shape index (κ3) is 2.23. The first-order chi connectivity index (χ1) is 8.34. The fourth-order valence-electron chi connectivity index (χ4n) is 3.06. The lowest BCUT2D eigenvalue weighted by Crippen LogP contribution is -2.24. The summed E-state index contributed by atoms with van der Waals surface area (Å²) in [7, 11) is 0. The van der Waals surface area contributed by atoms with E-state index in [9.17, 15) is 4.39 Å². The molecule has 1 aromatic carbocycles. The van der Waals surface area contributed by atoms with Gasteiger partial charge in [-0.05, 0) is 48.9 Å². The van der Waals surface area contributed by atoms with Gasteiger partial charge < -0.3 is 5.32 Å². The molecule has 1 N–H and O–H groups in total. The van der Waals surface area contributed by atoms with Crippen LogP contribution < -0.4 is 5.32 Å². The number of nitrogens with one attached hydrogen (secondary N) is 1. The van der Waals surface area contributed by atoms with Crippen LogP contribution in [0, 0.1) is 11.7 Å². The molecule has 17 heavy (non-hydrogen) atoms. The Kier molecular flexibility index (Phi) is 3.15. The molecular formula is C15H20FN. The Bertz CT molecular complexity index is 398. The van der Waals surface area contributed by atoms with Gasteiger partial charge in [0.1, 0.15) is 5.82 Å². The minimum atomic E-state index is -0.0224. The molecule has 0 radical (unpaired) electrons. The number of hydrogen-bond donors (Lipinski definition) is 1. The summed E-state index contributed by atoms with van der Waals surface area (Å²) in [6.07, 6.45) is 7.49. The van der Waals surface area contributed by atoms with Gasteiger partial charge in [0.2, 0.25) is 0 Å². The minimum Gasteiger partial charge on any atom is -0.310 e. The van der Waals surface area contributed by atoms with Crippen molar-refractivity contribution in [3.63, 3.8) is 0 Å². The highest BCUT2D eigenvalue weighted by molar-refractivity contribution is 5.35. The van der Waals surface area contributed by atoms with E-state index in [4.69, 9.17) is 0 Å². The van der Waals surface area contributed by atoms with Crippen molar-refractivity contribution in [3.05, 3.63) is 35.1 Å². The summed E-state index contributed by atoms with van der Waals surface area (Å²) in [4.78, 5) is 0. The molecule has 0 bridgehead atoms. The summed E-state index contributed by atoms with van der Waals surface area (Å²) in [5.74, 6) is 0.932. The van der Waals surface area contributed by atoms with Gasteiger partial charge in [-0.15, -0.1) is 0 Å². The van der Waals surface area contributed by atoms with Crippen molar-refractivity contribution >= 4 is 0 Å². The number of fused-ring (bicyclic) bond motifs is 1. The van der Waals surface area contributed by atoms with Crippen molar-refractivity contribution in [2.75, 3.05) is 6.54 Å². The molecular weight excluding hydrogens is 213 g/mol. The first-order valence-corrected chi connectivity index (χ1v) is 6.85. The molecule has 0 saturated heterocycles. The van der Waals surface area contributed by atoms with E-state index < -0.39 is 0 Å². The molecule has 1 aromatic rings. The van der Waals surface area contributed by atoms with Crippen molar-refractivity contribution in [1.29, 1.82) is 0 Å². The van der Waals surface area contributed by atoms with Crippen LogP contribution in [0.4, 0.5) is 4.39 Å². The molecule has 1 saturated carbocycles. The molecule has 0 aromatic heterocycles. The van der Waals surface area contributed by atoms with E-state index in [1.165, 1.54) is 31.2 Å². The smallest absolute Gasteiger partial charge is 0.126 e. The Morgan fingerprint density at radius 1 is 1.24 bits per heavy atom. The van der Waals surface area contributed by atoms with Gasteiger partial charge >= 0.3 is 0 Å². The fraction of sp³-hybridized carbons (Fsp3) is 0.600. The van der Waals surface area contributed by atoms with Crippen LogP contribution in [0.2, 0.25) is 0 Å². The highest BCUT2D eigenvalue weighted by Gasteiger charge is 2.24. The molecule has 1 fully saturated rings. The first-order valence-electron chi connectivity index (χ1n) is 6.85. The topological polar surface area (TPSA) is 12.0 Å². The van der Waals surface area contributed by atoms with E-state index in [0.29, 0.717) is 6.04 Å². The predicted octanol–water partition coefficient (Wildman–Crippen LogP) is 3.59. The van der Waals surface area contributed by atoms with Crippen molar-refractivity contribution in [2.45, 2.75) is 44.6 Å².